The summed E-state index contributed by atoms with van der Waals surface area (Å²) in [5, 5.41) is 14.0. The number of hydrogen-bond acceptors (Lipinski definition) is 3. The molecule has 0 radical (unpaired) electrons. The number of aromatic hydroxyl groups is 1. The smallest absolute Gasteiger partial charge is 0.120 e. The van der Waals surface area contributed by atoms with Gasteiger partial charge in [0.25, 0.3) is 0 Å². The number of unbranched alkanes of at least 4 members (excludes halogenated alkanes) is 3. The lowest BCUT2D eigenvalue weighted by molar-refractivity contribution is 0.304. The van der Waals surface area contributed by atoms with Crippen LogP contribution in [0.4, 0.5) is 5.69 Å². The molecule has 27 heavy (non-hydrogen) atoms. The summed E-state index contributed by atoms with van der Waals surface area (Å²) in [6, 6.07) is 14.2. The first kappa shape index (κ1) is 18.0. The molecule has 0 saturated carbocycles. The largest absolute Gasteiger partial charge is 0.508 e. The van der Waals surface area contributed by atoms with Crippen molar-refractivity contribution in [2.24, 2.45) is 5.92 Å². The zero-order chi connectivity index (χ0) is 18.6. The highest BCUT2D eigenvalue weighted by Crippen LogP contribution is 2.51. The van der Waals surface area contributed by atoms with Crippen LogP contribution in [-0.4, -0.2) is 11.7 Å². The van der Waals surface area contributed by atoms with Crippen molar-refractivity contribution in [2.45, 2.75) is 51.0 Å². The van der Waals surface area contributed by atoms with Crippen LogP contribution in [0.1, 0.15) is 62.1 Å². The van der Waals surface area contributed by atoms with Crippen LogP contribution in [0.15, 0.2) is 54.6 Å². The number of phenolic OH excluding ortho intramolecular Hbond substituents is 1. The molecule has 3 nitrogen and oxygen atoms in total. The summed E-state index contributed by atoms with van der Waals surface area (Å²) in [5.74, 6) is 2.13. The number of allylic oxidation sites excluding steroid dienone is 2. The Hall–Kier alpha value is -2.42. The minimum Gasteiger partial charge on any atom is -0.508 e. The van der Waals surface area contributed by atoms with Crippen molar-refractivity contribution in [2.75, 3.05) is 11.9 Å². The van der Waals surface area contributed by atoms with Gasteiger partial charge in [-0.05, 0) is 48.6 Å². The molecule has 1 aliphatic heterocycles. The van der Waals surface area contributed by atoms with Crippen LogP contribution in [-0.2, 0) is 0 Å². The number of benzene rings is 2. The molecule has 3 atom stereocenters. The maximum absolute atomic E-state index is 10.4. The third-order valence-electron chi connectivity index (χ3n) is 5.87. The predicted octanol–water partition coefficient (Wildman–Crippen LogP) is 6.18. The van der Waals surface area contributed by atoms with Crippen molar-refractivity contribution < 1.29 is 9.84 Å². The Morgan fingerprint density at radius 3 is 2.81 bits per heavy atom. The first-order valence-corrected chi connectivity index (χ1v) is 10.3. The van der Waals surface area contributed by atoms with E-state index in [0.717, 1.165) is 36.4 Å². The number of hydrogen-bond donors (Lipinski definition) is 2. The quantitative estimate of drug-likeness (QED) is 0.456. The Kier molecular flexibility index (Phi) is 5.38. The number of anilines is 1. The summed E-state index contributed by atoms with van der Waals surface area (Å²) >= 11 is 0. The molecule has 0 amide bonds. The van der Waals surface area contributed by atoms with E-state index in [-0.39, 0.29) is 6.04 Å². The normalized spacial score (nSPS) is 22.8. The summed E-state index contributed by atoms with van der Waals surface area (Å²) in [6.07, 6.45) is 10.5. The van der Waals surface area contributed by atoms with Crippen LogP contribution >= 0.6 is 0 Å². The third kappa shape index (κ3) is 3.69. The van der Waals surface area contributed by atoms with E-state index in [0.29, 0.717) is 17.6 Å². The SMILES string of the molecule is CCCCCCOc1ccc2c(c1)C1C=CCC1C(c1ccccc1O)N2. The summed E-state index contributed by atoms with van der Waals surface area (Å²) < 4.78 is 6.01. The van der Waals surface area contributed by atoms with Gasteiger partial charge in [-0.3, -0.25) is 0 Å². The molecule has 4 rings (SSSR count). The standard InChI is InChI=1S/C24H29NO2/c1-2-3-4-7-15-27-17-13-14-22-21(16-17)18-10-8-11-19(18)24(25-22)20-9-5-6-12-23(20)26/h5-6,8-10,12-14,16,18-19,24-26H,2-4,7,11,15H2,1H3. The van der Waals surface area contributed by atoms with E-state index in [1.165, 1.54) is 24.8 Å². The van der Waals surface area contributed by atoms with Crippen LogP contribution in [0.3, 0.4) is 0 Å². The first-order chi connectivity index (χ1) is 13.3. The molecule has 2 aliphatic rings. The summed E-state index contributed by atoms with van der Waals surface area (Å²) in [7, 11) is 0. The second kappa shape index (κ2) is 8.08. The minimum atomic E-state index is 0.125. The third-order valence-corrected chi connectivity index (χ3v) is 5.87. The molecule has 0 spiro atoms. The molecular formula is C24H29NO2. The van der Waals surface area contributed by atoms with Gasteiger partial charge in [0.15, 0.2) is 0 Å². The number of ether oxygens (including phenoxy) is 1. The lowest BCUT2D eigenvalue weighted by Gasteiger charge is -2.37. The zero-order valence-electron chi connectivity index (χ0n) is 16.0. The van der Waals surface area contributed by atoms with Gasteiger partial charge in [0.1, 0.15) is 11.5 Å². The average Bonchev–Trinajstić information content (AvgIpc) is 3.18. The Bertz CT molecular complexity index is 814. The van der Waals surface area contributed by atoms with Crippen LogP contribution in [0.5, 0.6) is 11.5 Å². The van der Waals surface area contributed by atoms with Gasteiger partial charge < -0.3 is 15.2 Å². The Labute approximate surface area is 162 Å². The number of rotatable bonds is 7. The van der Waals surface area contributed by atoms with Crippen molar-refractivity contribution in [1.82, 2.24) is 0 Å². The topological polar surface area (TPSA) is 41.5 Å². The lowest BCUT2D eigenvalue weighted by atomic mass is 9.77. The average molecular weight is 364 g/mol. The maximum Gasteiger partial charge on any atom is 0.120 e. The zero-order valence-corrected chi connectivity index (χ0v) is 16.0. The number of nitrogens with one attached hydrogen (secondary N) is 1. The van der Waals surface area contributed by atoms with Crippen molar-refractivity contribution >= 4 is 5.69 Å². The molecule has 2 aromatic rings. The van der Waals surface area contributed by atoms with Gasteiger partial charge in [-0.15, -0.1) is 0 Å². The highest BCUT2D eigenvalue weighted by Gasteiger charge is 2.38. The highest BCUT2D eigenvalue weighted by atomic mass is 16.5. The molecule has 0 saturated heterocycles. The van der Waals surface area contributed by atoms with Crippen LogP contribution in [0, 0.1) is 5.92 Å². The van der Waals surface area contributed by atoms with E-state index in [1.807, 2.05) is 18.2 Å². The monoisotopic (exact) mass is 363 g/mol. The van der Waals surface area contributed by atoms with E-state index < -0.39 is 0 Å². The lowest BCUT2D eigenvalue weighted by Crippen LogP contribution is -2.29. The van der Waals surface area contributed by atoms with Crippen molar-refractivity contribution in [3.63, 3.8) is 0 Å². The Morgan fingerprint density at radius 1 is 1.07 bits per heavy atom. The minimum absolute atomic E-state index is 0.125. The van der Waals surface area contributed by atoms with Gasteiger partial charge in [0.05, 0.1) is 12.6 Å². The molecule has 3 heteroatoms. The molecule has 142 valence electrons. The molecule has 0 bridgehead atoms. The van der Waals surface area contributed by atoms with Gasteiger partial charge in [0, 0.05) is 17.2 Å². The molecule has 1 aliphatic carbocycles. The van der Waals surface area contributed by atoms with E-state index >= 15 is 0 Å². The number of fused-ring (bicyclic) bond motifs is 3. The van der Waals surface area contributed by atoms with E-state index in [9.17, 15) is 5.11 Å². The van der Waals surface area contributed by atoms with Gasteiger partial charge in [-0.25, -0.2) is 0 Å². The van der Waals surface area contributed by atoms with E-state index in [4.69, 9.17) is 4.74 Å². The van der Waals surface area contributed by atoms with Gasteiger partial charge in [-0.1, -0.05) is 56.5 Å². The van der Waals surface area contributed by atoms with Crippen molar-refractivity contribution in [3.05, 3.63) is 65.7 Å². The summed E-state index contributed by atoms with van der Waals surface area (Å²) in [6.45, 7) is 3.02. The predicted molar refractivity (Wildman–Crippen MR) is 111 cm³/mol. The number of para-hydroxylation sites is 1. The van der Waals surface area contributed by atoms with Crippen LogP contribution in [0.25, 0.3) is 0 Å². The fraction of sp³-hybridized carbons (Fsp3) is 0.417. The van der Waals surface area contributed by atoms with E-state index in [1.54, 1.807) is 6.07 Å². The Morgan fingerprint density at radius 2 is 1.96 bits per heavy atom. The van der Waals surface area contributed by atoms with Gasteiger partial charge in [-0.2, -0.15) is 0 Å². The molecule has 3 unspecified atom stereocenters. The molecule has 1 heterocycles. The number of phenols is 1. The molecule has 0 fully saturated rings. The van der Waals surface area contributed by atoms with Crippen molar-refractivity contribution in [1.29, 1.82) is 0 Å². The van der Waals surface area contributed by atoms with Crippen LogP contribution < -0.4 is 10.1 Å². The van der Waals surface area contributed by atoms with E-state index in [2.05, 4.69) is 42.6 Å². The van der Waals surface area contributed by atoms with Gasteiger partial charge >= 0.3 is 0 Å². The second-order valence-corrected chi connectivity index (χ2v) is 7.69. The highest BCUT2D eigenvalue weighted by molar-refractivity contribution is 5.62. The van der Waals surface area contributed by atoms with Crippen LogP contribution in [0.2, 0.25) is 0 Å². The maximum atomic E-state index is 10.4. The molecule has 0 aromatic heterocycles. The molecular weight excluding hydrogens is 334 g/mol. The van der Waals surface area contributed by atoms with Gasteiger partial charge in [0.2, 0.25) is 0 Å². The summed E-state index contributed by atoms with van der Waals surface area (Å²) in [5.41, 5.74) is 3.44. The Balaban J connectivity index is 1.54. The first-order valence-electron chi connectivity index (χ1n) is 10.3. The fourth-order valence-electron chi connectivity index (χ4n) is 4.44. The van der Waals surface area contributed by atoms with Crippen molar-refractivity contribution in [3.8, 4) is 11.5 Å². The fourth-order valence-corrected chi connectivity index (χ4v) is 4.44. The summed E-state index contributed by atoms with van der Waals surface area (Å²) in [4.78, 5) is 0. The second-order valence-electron chi connectivity index (χ2n) is 7.69. The molecule has 2 N–H and O–H groups in total. The molecule has 2 aromatic carbocycles.